The summed E-state index contributed by atoms with van der Waals surface area (Å²) in [4.78, 5) is 10.6. The van der Waals surface area contributed by atoms with Crippen molar-refractivity contribution in [3.63, 3.8) is 0 Å². The van der Waals surface area contributed by atoms with Gasteiger partial charge in [-0.2, -0.15) is 0 Å². The van der Waals surface area contributed by atoms with Gasteiger partial charge in [-0.25, -0.2) is 0 Å². The fourth-order valence-corrected chi connectivity index (χ4v) is 1.99. The second-order valence-electron chi connectivity index (χ2n) is 4.66. The lowest BCUT2D eigenvalue weighted by Gasteiger charge is -2.08. The number of carboxylic acids is 1. The molecule has 2 aromatic carbocycles. The molecule has 0 saturated heterocycles. The Bertz CT molecular complexity index is 590. The van der Waals surface area contributed by atoms with E-state index in [1.807, 2.05) is 24.3 Å². The van der Waals surface area contributed by atoms with Crippen LogP contribution in [-0.2, 0) is 17.6 Å². The third kappa shape index (κ3) is 4.84. The normalized spacial score (nSPS) is 10.1. The standard InChI is InChI=1S/C17H18O4/c1-20-16-4-2-3-13(11-16)9-10-21-15-7-5-14(6-8-15)12-17(18)19/h2-8,11H,9-10,12H2,1H3,(H,18,19). The van der Waals surface area contributed by atoms with Gasteiger partial charge in [0.05, 0.1) is 20.1 Å². The van der Waals surface area contributed by atoms with Crippen molar-refractivity contribution in [1.82, 2.24) is 0 Å². The minimum Gasteiger partial charge on any atom is -0.497 e. The first kappa shape index (κ1) is 14.9. The summed E-state index contributed by atoms with van der Waals surface area (Å²) in [7, 11) is 1.65. The molecule has 1 N–H and O–H groups in total. The van der Waals surface area contributed by atoms with Crippen LogP contribution in [0.5, 0.6) is 11.5 Å². The fourth-order valence-electron chi connectivity index (χ4n) is 1.99. The van der Waals surface area contributed by atoms with Gasteiger partial charge in [-0.1, -0.05) is 24.3 Å². The average Bonchev–Trinajstić information content (AvgIpc) is 2.49. The van der Waals surface area contributed by atoms with E-state index in [0.717, 1.165) is 29.0 Å². The number of benzene rings is 2. The third-order valence-corrected chi connectivity index (χ3v) is 3.07. The molecule has 0 saturated carbocycles. The quantitative estimate of drug-likeness (QED) is 0.850. The molecule has 0 heterocycles. The zero-order chi connectivity index (χ0) is 15.1. The summed E-state index contributed by atoms with van der Waals surface area (Å²) in [6.45, 7) is 0.561. The Balaban J connectivity index is 1.84. The number of carbonyl (C=O) groups is 1. The smallest absolute Gasteiger partial charge is 0.307 e. The lowest BCUT2D eigenvalue weighted by Crippen LogP contribution is -2.02. The summed E-state index contributed by atoms with van der Waals surface area (Å²) in [5.74, 6) is 0.749. The van der Waals surface area contributed by atoms with Crippen LogP contribution in [0.3, 0.4) is 0 Å². The largest absolute Gasteiger partial charge is 0.497 e. The van der Waals surface area contributed by atoms with Gasteiger partial charge in [-0.3, -0.25) is 4.79 Å². The van der Waals surface area contributed by atoms with Crippen LogP contribution < -0.4 is 9.47 Å². The second kappa shape index (κ2) is 7.33. The molecular formula is C17H18O4. The number of hydrogen-bond donors (Lipinski definition) is 1. The maximum atomic E-state index is 10.6. The molecule has 0 aliphatic rings. The Hall–Kier alpha value is -2.49. The molecule has 2 rings (SSSR count). The van der Waals surface area contributed by atoms with E-state index >= 15 is 0 Å². The predicted octanol–water partition coefficient (Wildman–Crippen LogP) is 2.94. The first-order valence-corrected chi connectivity index (χ1v) is 6.74. The van der Waals surface area contributed by atoms with Crippen LogP contribution in [0.4, 0.5) is 0 Å². The zero-order valence-electron chi connectivity index (χ0n) is 11.9. The minimum absolute atomic E-state index is 0.0318. The summed E-state index contributed by atoms with van der Waals surface area (Å²) in [6, 6.07) is 15.0. The van der Waals surface area contributed by atoms with E-state index < -0.39 is 5.97 Å². The highest BCUT2D eigenvalue weighted by Crippen LogP contribution is 2.15. The molecular weight excluding hydrogens is 268 g/mol. The van der Waals surface area contributed by atoms with E-state index in [0.29, 0.717) is 6.61 Å². The topological polar surface area (TPSA) is 55.8 Å². The Labute approximate surface area is 123 Å². The van der Waals surface area contributed by atoms with Gasteiger partial charge in [0.2, 0.25) is 0 Å². The Kier molecular flexibility index (Phi) is 5.21. The molecule has 0 spiro atoms. The maximum Gasteiger partial charge on any atom is 0.307 e. The third-order valence-electron chi connectivity index (χ3n) is 3.07. The molecule has 21 heavy (non-hydrogen) atoms. The van der Waals surface area contributed by atoms with Crippen LogP contribution >= 0.6 is 0 Å². The molecule has 0 bridgehead atoms. The Morgan fingerprint density at radius 2 is 1.81 bits per heavy atom. The number of rotatable bonds is 7. The van der Waals surface area contributed by atoms with Crippen LogP contribution in [0.1, 0.15) is 11.1 Å². The van der Waals surface area contributed by atoms with Gasteiger partial charge >= 0.3 is 5.97 Å². The van der Waals surface area contributed by atoms with Crippen molar-refractivity contribution in [2.75, 3.05) is 13.7 Å². The molecule has 0 unspecified atom stereocenters. The molecule has 110 valence electrons. The van der Waals surface area contributed by atoms with Crippen LogP contribution in [0.25, 0.3) is 0 Å². The van der Waals surface area contributed by atoms with Gasteiger partial charge in [0.15, 0.2) is 0 Å². The van der Waals surface area contributed by atoms with Crippen LogP contribution in [0.15, 0.2) is 48.5 Å². The van der Waals surface area contributed by atoms with E-state index in [1.165, 1.54) is 0 Å². The summed E-state index contributed by atoms with van der Waals surface area (Å²) >= 11 is 0. The van der Waals surface area contributed by atoms with Crippen LogP contribution in [0.2, 0.25) is 0 Å². The summed E-state index contributed by atoms with van der Waals surface area (Å²) in [6.07, 6.45) is 0.818. The van der Waals surface area contributed by atoms with Crippen molar-refractivity contribution in [3.8, 4) is 11.5 Å². The lowest BCUT2D eigenvalue weighted by molar-refractivity contribution is -0.136. The maximum absolute atomic E-state index is 10.6. The highest BCUT2D eigenvalue weighted by atomic mass is 16.5. The molecule has 0 atom stereocenters. The summed E-state index contributed by atoms with van der Waals surface area (Å²) < 4.78 is 10.8. The van der Waals surface area contributed by atoms with Gasteiger partial charge in [0, 0.05) is 6.42 Å². The number of hydrogen-bond acceptors (Lipinski definition) is 3. The SMILES string of the molecule is COc1cccc(CCOc2ccc(CC(=O)O)cc2)c1. The van der Waals surface area contributed by atoms with E-state index in [1.54, 1.807) is 31.4 Å². The predicted molar refractivity (Wildman–Crippen MR) is 80.0 cm³/mol. The highest BCUT2D eigenvalue weighted by Gasteiger charge is 2.01. The van der Waals surface area contributed by atoms with E-state index in [-0.39, 0.29) is 6.42 Å². The molecule has 0 fully saturated rings. The number of carboxylic acid groups (broad SMARTS) is 1. The highest BCUT2D eigenvalue weighted by molar-refractivity contribution is 5.70. The van der Waals surface area contributed by atoms with Gasteiger partial charge in [-0.05, 0) is 35.4 Å². The summed E-state index contributed by atoms with van der Waals surface area (Å²) in [5.41, 5.74) is 1.92. The molecule has 2 aromatic rings. The zero-order valence-corrected chi connectivity index (χ0v) is 11.9. The molecule has 0 aromatic heterocycles. The first-order chi connectivity index (χ1) is 10.2. The van der Waals surface area contributed by atoms with E-state index in [9.17, 15) is 4.79 Å². The minimum atomic E-state index is -0.832. The van der Waals surface area contributed by atoms with Crippen LogP contribution in [-0.4, -0.2) is 24.8 Å². The fraction of sp³-hybridized carbons (Fsp3) is 0.235. The average molecular weight is 286 g/mol. The van der Waals surface area contributed by atoms with Gasteiger partial charge in [0.25, 0.3) is 0 Å². The molecule has 0 aliphatic carbocycles. The van der Waals surface area contributed by atoms with Crippen molar-refractivity contribution in [3.05, 3.63) is 59.7 Å². The monoisotopic (exact) mass is 286 g/mol. The Morgan fingerprint density at radius 1 is 1.05 bits per heavy atom. The summed E-state index contributed by atoms with van der Waals surface area (Å²) in [5, 5.41) is 8.70. The van der Waals surface area contributed by atoms with Crippen molar-refractivity contribution < 1.29 is 19.4 Å². The molecule has 0 amide bonds. The number of aliphatic carboxylic acids is 1. The van der Waals surface area contributed by atoms with E-state index in [2.05, 4.69) is 0 Å². The van der Waals surface area contributed by atoms with Crippen molar-refractivity contribution in [1.29, 1.82) is 0 Å². The van der Waals surface area contributed by atoms with Gasteiger partial charge < -0.3 is 14.6 Å². The van der Waals surface area contributed by atoms with Crippen molar-refractivity contribution in [2.45, 2.75) is 12.8 Å². The van der Waals surface area contributed by atoms with Gasteiger partial charge in [-0.15, -0.1) is 0 Å². The second-order valence-corrected chi connectivity index (χ2v) is 4.66. The van der Waals surface area contributed by atoms with Gasteiger partial charge in [0.1, 0.15) is 11.5 Å². The molecule has 4 nitrogen and oxygen atoms in total. The molecule has 0 radical (unpaired) electrons. The first-order valence-electron chi connectivity index (χ1n) is 6.74. The Morgan fingerprint density at radius 3 is 2.48 bits per heavy atom. The lowest BCUT2D eigenvalue weighted by atomic mass is 10.1. The number of methoxy groups -OCH3 is 1. The molecule has 4 heteroatoms. The van der Waals surface area contributed by atoms with Crippen LogP contribution in [0, 0.1) is 0 Å². The van der Waals surface area contributed by atoms with Crippen molar-refractivity contribution >= 4 is 5.97 Å². The van der Waals surface area contributed by atoms with E-state index in [4.69, 9.17) is 14.6 Å². The number of ether oxygens (including phenoxy) is 2. The molecule has 0 aliphatic heterocycles. The van der Waals surface area contributed by atoms with Crippen molar-refractivity contribution in [2.24, 2.45) is 0 Å².